The van der Waals surface area contributed by atoms with E-state index in [1.807, 2.05) is 4.90 Å². The molecule has 0 radical (unpaired) electrons. The number of carbonyl (C=O) groups is 1. The highest BCUT2D eigenvalue weighted by molar-refractivity contribution is 7.87. The lowest BCUT2D eigenvalue weighted by molar-refractivity contribution is -0.139. The molecule has 8 heteroatoms. The first-order valence-electron chi connectivity index (χ1n) is 9.46. The molecule has 2 aliphatic carbocycles. The van der Waals surface area contributed by atoms with Gasteiger partial charge < -0.3 is 5.11 Å². The standard InChI is InChI=1S/C17H31N3O4S/c1-12-5-13(2)9-20(8-12)25(23,24)18-15-6-16(7-15)19(11-17(21)22)10-14-3-4-14/h12-16,18H,3-11H2,1-2H3,(H,21,22). The van der Waals surface area contributed by atoms with Gasteiger partial charge in [0.1, 0.15) is 0 Å². The summed E-state index contributed by atoms with van der Waals surface area (Å²) in [7, 11) is -3.44. The predicted molar refractivity (Wildman–Crippen MR) is 95.3 cm³/mol. The number of carboxylic acid groups (broad SMARTS) is 1. The minimum Gasteiger partial charge on any atom is -0.480 e. The summed E-state index contributed by atoms with van der Waals surface area (Å²) in [6.45, 7) is 6.25. The number of nitrogens with zero attached hydrogens (tertiary/aromatic N) is 2. The van der Waals surface area contributed by atoms with Gasteiger partial charge >= 0.3 is 5.97 Å². The van der Waals surface area contributed by atoms with E-state index in [9.17, 15) is 13.2 Å². The lowest BCUT2D eigenvalue weighted by Crippen LogP contribution is -2.58. The number of piperidine rings is 1. The van der Waals surface area contributed by atoms with E-state index < -0.39 is 16.2 Å². The van der Waals surface area contributed by atoms with Crippen LogP contribution in [-0.4, -0.2) is 67.0 Å². The average Bonchev–Trinajstić information content (AvgIpc) is 3.24. The predicted octanol–water partition coefficient (Wildman–Crippen LogP) is 1.13. The lowest BCUT2D eigenvalue weighted by Gasteiger charge is -2.43. The Hall–Kier alpha value is -0.700. The Morgan fingerprint density at radius 2 is 1.76 bits per heavy atom. The minimum absolute atomic E-state index is 0.0573. The van der Waals surface area contributed by atoms with Crippen molar-refractivity contribution in [2.45, 2.75) is 58.0 Å². The van der Waals surface area contributed by atoms with Crippen LogP contribution in [0.25, 0.3) is 0 Å². The molecule has 0 amide bonds. The Kier molecular flexibility index (Phi) is 5.72. The Bertz CT molecular complexity index is 577. The van der Waals surface area contributed by atoms with E-state index in [2.05, 4.69) is 18.6 Å². The monoisotopic (exact) mass is 373 g/mol. The van der Waals surface area contributed by atoms with E-state index in [1.165, 1.54) is 12.8 Å². The zero-order chi connectivity index (χ0) is 18.2. The molecule has 3 fully saturated rings. The second-order valence-electron chi connectivity index (χ2n) is 8.47. The highest BCUT2D eigenvalue weighted by atomic mass is 32.2. The highest BCUT2D eigenvalue weighted by Gasteiger charge is 2.40. The quantitative estimate of drug-likeness (QED) is 0.666. The van der Waals surface area contributed by atoms with Crippen LogP contribution in [-0.2, 0) is 15.0 Å². The molecule has 25 heavy (non-hydrogen) atoms. The Labute approximate surface area is 150 Å². The van der Waals surface area contributed by atoms with Crippen molar-refractivity contribution < 1.29 is 18.3 Å². The third-order valence-corrected chi connectivity index (χ3v) is 7.26. The molecule has 3 aliphatic rings. The van der Waals surface area contributed by atoms with E-state index in [0.717, 1.165) is 13.0 Å². The van der Waals surface area contributed by atoms with Gasteiger partial charge in [0.25, 0.3) is 10.2 Å². The van der Waals surface area contributed by atoms with Crippen LogP contribution in [0.2, 0.25) is 0 Å². The van der Waals surface area contributed by atoms with Gasteiger partial charge in [-0.05, 0) is 49.9 Å². The van der Waals surface area contributed by atoms with Crippen LogP contribution in [0.3, 0.4) is 0 Å². The molecule has 1 heterocycles. The molecule has 3 rings (SSSR count). The Balaban J connectivity index is 1.50. The Morgan fingerprint density at radius 3 is 2.28 bits per heavy atom. The molecule has 2 unspecified atom stereocenters. The van der Waals surface area contributed by atoms with E-state index in [0.29, 0.717) is 43.7 Å². The van der Waals surface area contributed by atoms with Crippen molar-refractivity contribution in [2.75, 3.05) is 26.2 Å². The van der Waals surface area contributed by atoms with Crippen LogP contribution in [0.15, 0.2) is 0 Å². The van der Waals surface area contributed by atoms with Gasteiger partial charge in [-0.25, -0.2) is 0 Å². The van der Waals surface area contributed by atoms with Gasteiger partial charge in [0.15, 0.2) is 0 Å². The van der Waals surface area contributed by atoms with Crippen molar-refractivity contribution in [1.29, 1.82) is 0 Å². The first kappa shape index (κ1) is 19.1. The summed E-state index contributed by atoms with van der Waals surface area (Å²) in [5.74, 6) is 0.602. The van der Waals surface area contributed by atoms with Gasteiger partial charge in [-0.15, -0.1) is 0 Å². The van der Waals surface area contributed by atoms with Gasteiger partial charge in [0, 0.05) is 31.7 Å². The molecule has 2 saturated carbocycles. The summed E-state index contributed by atoms with van der Waals surface area (Å²) in [5.41, 5.74) is 0. The topological polar surface area (TPSA) is 90.0 Å². The molecule has 0 aromatic heterocycles. The zero-order valence-corrected chi connectivity index (χ0v) is 16.0. The number of aliphatic carboxylic acids is 1. The molecule has 1 saturated heterocycles. The van der Waals surface area contributed by atoms with Crippen LogP contribution in [0.5, 0.6) is 0 Å². The summed E-state index contributed by atoms with van der Waals surface area (Å²) in [6.07, 6.45) is 4.85. The number of hydrogen-bond acceptors (Lipinski definition) is 4. The second kappa shape index (κ2) is 7.50. The van der Waals surface area contributed by atoms with E-state index in [1.54, 1.807) is 4.31 Å². The van der Waals surface area contributed by atoms with Crippen molar-refractivity contribution in [3.05, 3.63) is 0 Å². The van der Waals surface area contributed by atoms with Crippen LogP contribution < -0.4 is 4.72 Å². The molecule has 1 aliphatic heterocycles. The fraction of sp³-hybridized carbons (Fsp3) is 0.941. The third kappa shape index (κ3) is 5.15. The van der Waals surface area contributed by atoms with E-state index in [4.69, 9.17) is 5.11 Å². The largest absolute Gasteiger partial charge is 0.480 e. The number of hydrogen-bond donors (Lipinski definition) is 2. The first-order chi connectivity index (χ1) is 11.7. The molecule has 2 atom stereocenters. The molecule has 7 nitrogen and oxygen atoms in total. The maximum Gasteiger partial charge on any atom is 0.317 e. The zero-order valence-electron chi connectivity index (χ0n) is 15.2. The summed E-state index contributed by atoms with van der Waals surface area (Å²) in [6, 6.07) is 0.113. The fourth-order valence-corrected chi connectivity index (χ4v) is 5.88. The van der Waals surface area contributed by atoms with Crippen molar-refractivity contribution in [3.63, 3.8) is 0 Å². The molecular formula is C17H31N3O4S. The van der Waals surface area contributed by atoms with Crippen molar-refractivity contribution in [1.82, 2.24) is 13.9 Å². The van der Waals surface area contributed by atoms with Crippen LogP contribution in [0.1, 0.15) is 46.0 Å². The molecule has 0 spiro atoms. The number of carboxylic acids is 1. The smallest absolute Gasteiger partial charge is 0.317 e. The summed E-state index contributed by atoms with van der Waals surface area (Å²) in [5, 5.41) is 9.10. The second-order valence-corrected chi connectivity index (χ2v) is 10.2. The number of nitrogens with one attached hydrogen (secondary N) is 1. The SMILES string of the molecule is CC1CC(C)CN(S(=O)(=O)NC2CC(N(CC(=O)O)CC3CC3)C2)C1. The van der Waals surface area contributed by atoms with Gasteiger partial charge in [0.05, 0.1) is 6.54 Å². The Morgan fingerprint density at radius 1 is 1.16 bits per heavy atom. The molecule has 0 aromatic rings. The first-order valence-corrected chi connectivity index (χ1v) is 10.9. The van der Waals surface area contributed by atoms with Crippen LogP contribution >= 0.6 is 0 Å². The fourth-order valence-electron chi connectivity index (χ4n) is 4.22. The minimum atomic E-state index is -3.44. The van der Waals surface area contributed by atoms with Gasteiger partial charge in [-0.2, -0.15) is 17.4 Å². The van der Waals surface area contributed by atoms with Crippen molar-refractivity contribution in [2.24, 2.45) is 17.8 Å². The van der Waals surface area contributed by atoms with E-state index in [-0.39, 0.29) is 18.6 Å². The molecular weight excluding hydrogens is 342 g/mol. The summed E-state index contributed by atoms with van der Waals surface area (Å²) >= 11 is 0. The number of rotatable bonds is 8. The van der Waals surface area contributed by atoms with Gasteiger partial charge in [0.2, 0.25) is 0 Å². The van der Waals surface area contributed by atoms with E-state index >= 15 is 0 Å². The third-order valence-electron chi connectivity index (χ3n) is 5.65. The van der Waals surface area contributed by atoms with Crippen LogP contribution in [0.4, 0.5) is 0 Å². The molecule has 0 aromatic carbocycles. The lowest BCUT2D eigenvalue weighted by atomic mass is 9.86. The van der Waals surface area contributed by atoms with Crippen molar-refractivity contribution in [3.8, 4) is 0 Å². The van der Waals surface area contributed by atoms with Crippen molar-refractivity contribution >= 4 is 16.2 Å². The molecule has 0 bridgehead atoms. The van der Waals surface area contributed by atoms with Gasteiger partial charge in [-0.3, -0.25) is 9.69 Å². The maximum absolute atomic E-state index is 12.6. The maximum atomic E-state index is 12.6. The molecule has 144 valence electrons. The summed E-state index contributed by atoms with van der Waals surface area (Å²) in [4.78, 5) is 13.1. The van der Waals surface area contributed by atoms with Gasteiger partial charge in [-0.1, -0.05) is 13.8 Å². The highest BCUT2D eigenvalue weighted by Crippen LogP contribution is 2.34. The average molecular weight is 374 g/mol. The van der Waals surface area contributed by atoms with Crippen LogP contribution in [0, 0.1) is 17.8 Å². The molecule has 2 N–H and O–H groups in total. The summed E-state index contributed by atoms with van der Waals surface area (Å²) < 4.78 is 29.7. The normalized spacial score (nSPS) is 34.0.